The second-order valence-electron chi connectivity index (χ2n) is 7.44. The van der Waals surface area contributed by atoms with Gasteiger partial charge in [0.15, 0.2) is 12.1 Å². The number of rotatable bonds is 8. The van der Waals surface area contributed by atoms with Gasteiger partial charge in [-0.15, -0.1) is 0 Å². The summed E-state index contributed by atoms with van der Waals surface area (Å²) in [5.74, 6) is 1.95. The van der Waals surface area contributed by atoms with Crippen LogP contribution >= 0.6 is 0 Å². The Morgan fingerprint density at radius 2 is 1.97 bits per heavy atom. The highest BCUT2D eigenvalue weighted by Gasteiger charge is 2.17. The van der Waals surface area contributed by atoms with Crippen LogP contribution in [0.5, 0.6) is 5.75 Å². The molecule has 2 N–H and O–H groups in total. The number of nitrogens with zero attached hydrogens (tertiary/aromatic N) is 3. The number of para-hydroxylation sites is 1. The van der Waals surface area contributed by atoms with Crippen molar-refractivity contribution in [1.29, 1.82) is 0 Å². The number of anilines is 1. The van der Waals surface area contributed by atoms with E-state index in [4.69, 9.17) is 14.7 Å². The predicted molar refractivity (Wildman–Crippen MR) is 120 cm³/mol. The summed E-state index contributed by atoms with van der Waals surface area (Å²) in [7, 11) is 5.73. The van der Waals surface area contributed by atoms with Gasteiger partial charge in [0.2, 0.25) is 0 Å². The average molecular weight is 403 g/mol. The van der Waals surface area contributed by atoms with Gasteiger partial charge in [-0.25, -0.2) is 9.97 Å². The normalized spacial score (nSPS) is 11.3. The lowest BCUT2D eigenvalue weighted by Gasteiger charge is -2.12. The molecule has 0 saturated heterocycles. The van der Waals surface area contributed by atoms with Crippen LogP contribution in [-0.2, 0) is 0 Å². The van der Waals surface area contributed by atoms with Crippen molar-refractivity contribution in [3.63, 3.8) is 0 Å². The van der Waals surface area contributed by atoms with Crippen LogP contribution in [0.15, 0.2) is 42.5 Å². The van der Waals surface area contributed by atoms with E-state index in [0.29, 0.717) is 22.8 Å². The number of aldehydes is 1. The van der Waals surface area contributed by atoms with Crippen LogP contribution in [-0.4, -0.2) is 60.4 Å². The molecule has 0 fully saturated rings. The molecular formula is C23H25N5O2. The van der Waals surface area contributed by atoms with E-state index in [-0.39, 0.29) is 0 Å². The van der Waals surface area contributed by atoms with E-state index in [1.54, 1.807) is 7.11 Å². The van der Waals surface area contributed by atoms with Gasteiger partial charge in [0.05, 0.1) is 23.9 Å². The molecule has 2 aromatic carbocycles. The summed E-state index contributed by atoms with van der Waals surface area (Å²) in [5, 5.41) is 5.19. The number of fused-ring (bicyclic) bond motifs is 2. The number of hydrogen-bond acceptors (Lipinski definition) is 6. The number of hydrogen-bond donors (Lipinski definition) is 2. The molecule has 0 amide bonds. The molecular weight excluding hydrogens is 378 g/mol. The molecule has 0 aliphatic rings. The van der Waals surface area contributed by atoms with Crippen molar-refractivity contribution in [2.75, 3.05) is 39.6 Å². The molecule has 4 rings (SSSR count). The molecule has 7 heteroatoms. The number of carbonyl (C=O) groups is 1. The molecule has 7 nitrogen and oxygen atoms in total. The maximum atomic E-state index is 12.0. The van der Waals surface area contributed by atoms with E-state index in [1.165, 1.54) is 0 Å². The maximum Gasteiger partial charge on any atom is 0.179 e. The number of aromatic amines is 1. The number of aromatic nitrogens is 3. The van der Waals surface area contributed by atoms with Crippen LogP contribution in [0.25, 0.3) is 33.3 Å². The van der Waals surface area contributed by atoms with Crippen molar-refractivity contribution in [3.8, 4) is 17.3 Å². The highest BCUT2D eigenvalue weighted by atomic mass is 16.5. The maximum absolute atomic E-state index is 12.0. The van der Waals surface area contributed by atoms with Crippen LogP contribution in [0.3, 0.4) is 0 Å². The molecule has 2 heterocycles. The number of carbonyl (C=O) groups excluding carboxylic acids is 1. The van der Waals surface area contributed by atoms with Crippen molar-refractivity contribution in [2.24, 2.45) is 0 Å². The summed E-state index contributed by atoms with van der Waals surface area (Å²) in [6, 6.07) is 13.5. The summed E-state index contributed by atoms with van der Waals surface area (Å²) in [5.41, 5.74) is 2.80. The lowest BCUT2D eigenvalue weighted by atomic mass is 10.1. The Labute approximate surface area is 175 Å². The average Bonchev–Trinajstić information content (AvgIpc) is 3.14. The molecule has 0 spiro atoms. The number of methoxy groups -OCH3 is 1. The lowest BCUT2D eigenvalue weighted by Crippen LogP contribution is -2.17. The third-order valence-electron chi connectivity index (χ3n) is 5.07. The fraction of sp³-hybridized carbons (Fsp3) is 0.261. The SMILES string of the molecule is COc1ccc2[nH]c(-c3nc(NCCCN(C)C)c4ccccc4n3)c(C=O)c2c1. The van der Waals surface area contributed by atoms with Crippen molar-refractivity contribution >= 4 is 33.9 Å². The minimum absolute atomic E-state index is 0.487. The number of H-pyrrole nitrogens is 1. The number of nitrogens with one attached hydrogen (secondary N) is 2. The zero-order chi connectivity index (χ0) is 21.1. The minimum atomic E-state index is 0.487. The van der Waals surface area contributed by atoms with Gasteiger partial charge < -0.3 is 19.9 Å². The second kappa shape index (κ2) is 8.51. The third kappa shape index (κ3) is 3.84. The monoisotopic (exact) mass is 403 g/mol. The Balaban J connectivity index is 1.80. The van der Waals surface area contributed by atoms with Gasteiger partial charge in [0.25, 0.3) is 0 Å². The number of ether oxygens (including phenoxy) is 1. The summed E-state index contributed by atoms with van der Waals surface area (Å²) < 4.78 is 5.31. The fourth-order valence-electron chi connectivity index (χ4n) is 3.54. The van der Waals surface area contributed by atoms with Crippen LogP contribution in [0.4, 0.5) is 5.82 Å². The first-order valence-electron chi connectivity index (χ1n) is 9.91. The first kappa shape index (κ1) is 19.8. The molecule has 0 bridgehead atoms. The predicted octanol–water partition coefficient (Wildman–Crippen LogP) is 3.96. The number of benzene rings is 2. The molecule has 0 atom stereocenters. The van der Waals surface area contributed by atoms with Gasteiger partial charge in [-0.05, 0) is 57.4 Å². The highest BCUT2D eigenvalue weighted by Crippen LogP contribution is 2.32. The molecule has 2 aromatic heterocycles. The van der Waals surface area contributed by atoms with E-state index in [1.807, 2.05) is 42.5 Å². The van der Waals surface area contributed by atoms with Gasteiger partial charge in [-0.3, -0.25) is 4.79 Å². The minimum Gasteiger partial charge on any atom is -0.497 e. The summed E-state index contributed by atoms with van der Waals surface area (Å²) in [4.78, 5) is 26.9. The van der Waals surface area contributed by atoms with Gasteiger partial charge >= 0.3 is 0 Å². The Morgan fingerprint density at radius 1 is 1.13 bits per heavy atom. The van der Waals surface area contributed by atoms with Crippen molar-refractivity contribution in [1.82, 2.24) is 19.9 Å². The first-order valence-corrected chi connectivity index (χ1v) is 9.91. The molecule has 154 valence electrons. The van der Waals surface area contributed by atoms with E-state index >= 15 is 0 Å². The topological polar surface area (TPSA) is 83.1 Å². The van der Waals surface area contributed by atoms with Gasteiger partial charge in [-0.2, -0.15) is 0 Å². The summed E-state index contributed by atoms with van der Waals surface area (Å²) in [6.07, 6.45) is 1.84. The zero-order valence-corrected chi connectivity index (χ0v) is 17.4. The van der Waals surface area contributed by atoms with Crippen molar-refractivity contribution in [2.45, 2.75) is 6.42 Å². The quantitative estimate of drug-likeness (QED) is 0.342. The van der Waals surface area contributed by atoms with Crippen molar-refractivity contribution < 1.29 is 9.53 Å². The largest absolute Gasteiger partial charge is 0.497 e. The lowest BCUT2D eigenvalue weighted by molar-refractivity contribution is 0.112. The Hall–Kier alpha value is -3.45. The molecule has 0 radical (unpaired) electrons. The smallest absolute Gasteiger partial charge is 0.179 e. The fourth-order valence-corrected chi connectivity index (χ4v) is 3.54. The van der Waals surface area contributed by atoms with Crippen LogP contribution < -0.4 is 10.1 Å². The van der Waals surface area contributed by atoms with E-state index < -0.39 is 0 Å². The zero-order valence-electron chi connectivity index (χ0n) is 17.4. The third-order valence-corrected chi connectivity index (χ3v) is 5.07. The molecule has 4 aromatic rings. The summed E-state index contributed by atoms with van der Waals surface area (Å²) in [6.45, 7) is 1.78. The van der Waals surface area contributed by atoms with Crippen molar-refractivity contribution in [3.05, 3.63) is 48.0 Å². The van der Waals surface area contributed by atoms with E-state index in [2.05, 4.69) is 29.3 Å². The van der Waals surface area contributed by atoms with Gasteiger partial charge in [-0.1, -0.05) is 12.1 Å². The van der Waals surface area contributed by atoms with Crippen LogP contribution in [0, 0.1) is 0 Å². The molecule has 0 aliphatic carbocycles. The van der Waals surface area contributed by atoms with E-state index in [0.717, 1.165) is 53.4 Å². The van der Waals surface area contributed by atoms with E-state index in [9.17, 15) is 4.79 Å². The first-order chi connectivity index (χ1) is 14.6. The molecule has 30 heavy (non-hydrogen) atoms. The Morgan fingerprint density at radius 3 is 2.73 bits per heavy atom. The molecule has 0 unspecified atom stereocenters. The molecule has 0 aliphatic heterocycles. The second-order valence-corrected chi connectivity index (χ2v) is 7.44. The van der Waals surface area contributed by atoms with Gasteiger partial charge in [0.1, 0.15) is 11.6 Å². The summed E-state index contributed by atoms with van der Waals surface area (Å²) >= 11 is 0. The Bertz CT molecular complexity index is 1200. The highest BCUT2D eigenvalue weighted by molar-refractivity contribution is 6.04. The van der Waals surface area contributed by atoms with Gasteiger partial charge in [0, 0.05) is 22.8 Å². The molecule has 0 saturated carbocycles. The Kier molecular flexibility index (Phi) is 5.63. The van der Waals surface area contributed by atoms with Crippen LogP contribution in [0.2, 0.25) is 0 Å². The van der Waals surface area contributed by atoms with Crippen LogP contribution in [0.1, 0.15) is 16.8 Å². The standard InChI is InChI=1S/C23H25N5O2/c1-28(2)12-6-11-24-22-16-7-4-5-8-19(16)26-23(27-22)21-18(14-29)17-13-15(30-3)9-10-20(17)25-21/h4-5,7-10,13-14,25H,6,11-12H2,1-3H3,(H,24,26,27).